The van der Waals surface area contributed by atoms with Gasteiger partial charge in [-0.1, -0.05) is 17.7 Å². The lowest BCUT2D eigenvalue weighted by Gasteiger charge is -2.28. The average Bonchev–Trinajstić information content (AvgIpc) is 3.51. The molecule has 2 atom stereocenters. The second-order valence-electron chi connectivity index (χ2n) is 9.36. The summed E-state index contributed by atoms with van der Waals surface area (Å²) in [5.74, 6) is -5.42. The van der Waals surface area contributed by atoms with Crippen LogP contribution >= 0.6 is 22.9 Å². The fourth-order valence-corrected chi connectivity index (χ4v) is 5.29. The number of aromatic nitrogens is 1. The van der Waals surface area contributed by atoms with Gasteiger partial charge in [-0.05, 0) is 26.1 Å². The van der Waals surface area contributed by atoms with Crippen LogP contribution in [-0.2, 0) is 14.3 Å². The molecule has 0 spiro atoms. The molecule has 0 aliphatic carbocycles. The number of carbonyl (C=O) groups excluding carboxylic acids is 1. The van der Waals surface area contributed by atoms with E-state index in [0.717, 1.165) is 12.7 Å². The molecule has 1 aromatic heterocycles. The number of likely N-dealkylation sites (N-methyl/N-ethyl adjacent to an activating group) is 1. The van der Waals surface area contributed by atoms with Crippen LogP contribution in [0, 0.1) is 11.7 Å². The fourth-order valence-electron chi connectivity index (χ4n) is 4.43. The number of thiazole rings is 1. The van der Waals surface area contributed by atoms with E-state index in [1.54, 1.807) is 18.7 Å². The van der Waals surface area contributed by atoms with Crippen molar-refractivity contribution in [2.24, 2.45) is 10.9 Å². The lowest BCUT2D eigenvalue weighted by atomic mass is 9.96. The highest BCUT2D eigenvalue weighted by Crippen LogP contribution is 2.37. The molecule has 0 amide bonds. The Kier molecular flexibility index (Phi) is 11.2. The van der Waals surface area contributed by atoms with Gasteiger partial charge in [0.25, 0.3) is 5.92 Å². The van der Waals surface area contributed by atoms with E-state index in [4.69, 9.17) is 16.7 Å². The number of aliphatic imine (C=N–C) groups is 1. The van der Waals surface area contributed by atoms with Crippen LogP contribution in [0.15, 0.2) is 46.0 Å². The van der Waals surface area contributed by atoms with E-state index >= 15 is 0 Å². The van der Waals surface area contributed by atoms with Gasteiger partial charge in [-0.3, -0.25) is 24.4 Å². The first-order valence-corrected chi connectivity index (χ1v) is 13.6. The number of carboxylic acids is 1. The maximum atomic E-state index is 14.8. The first-order valence-electron chi connectivity index (χ1n) is 12.4. The van der Waals surface area contributed by atoms with Crippen LogP contribution in [0.1, 0.15) is 23.5 Å². The Morgan fingerprint density at radius 1 is 1.43 bits per heavy atom. The van der Waals surface area contributed by atoms with Crippen LogP contribution in [0.5, 0.6) is 0 Å². The third-order valence-corrected chi connectivity index (χ3v) is 7.41. The van der Waals surface area contributed by atoms with Gasteiger partial charge in [0.1, 0.15) is 18.1 Å². The van der Waals surface area contributed by atoms with E-state index in [9.17, 15) is 22.8 Å². The van der Waals surface area contributed by atoms with Crippen LogP contribution in [0.25, 0.3) is 0 Å². The molecule has 0 radical (unpaired) electrons. The molecule has 1 saturated heterocycles. The smallest absolute Gasteiger partial charge is 0.317 e. The minimum Gasteiger partial charge on any atom is -0.480 e. The molecule has 1 unspecified atom stereocenters. The molecule has 40 heavy (non-hydrogen) atoms. The number of hydrogen-bond donors (Lipinski definition) is 2. The summed E-state index contributed by atoms with van der Waals surface area (Å²) < 4.78 is 47.8. The number of hydrogen-bond acceptors (Lipinski definition) is 9. The predicted molar refractivity (Wildman–Crippen MR) is 147 cm³/mol. The van der Waals surface area contributed by atoms with E-state index in [1.807, 2.05) is 6.92 Å². The van der Waals surface area contributed by atoms with Gasteiger partial charge in [-0.2, -0.15) is 0 Å². The number of nitrogens with one attached hydrogen (secondary N) is 1. The third kappa shape index (κ3) is 8.10. The van der Waals surface area contributed by atoms with Gasteiger partial charge in [0.15, 0.2) is 10.8 Å². The molecule has 2 aliphatic heterocycles. The van der Waals surface area contributed by atoms with E-state index in [0.29, 0.717) is 28.4 Å². The number of halogens is 4. The van der Waals surface area contributed by atoms with Gasteiger partial charge in [0.05, 0.1) is 13.1 Å². The van der Waals surface area contributed by atoms with Crippen molar-refractivity contribution in [3.8, 4) is 0 Å². The Morgan fingerprint density at radius 3 is 2.73 bits per heavy atom. The van der Waals surface area contributed by atoms with Crippen molar-refractivity contribution in [2.75, 3.05) is 53.5 Å². The molecule has 4 rings (SSSR count). The molecule has 1 fully saturated rings. The number of carboxylic acid groups (broad SMARTS) is 1. The van der Waals surface area contributed by atoms with Crippen LogP contribution < -0.4 is 5.32 Å². The van der Waals surface area contributed by atoms with Crippen molar-refractivity contribution in [1.29, 1.82) is 0 Å². The van der Waals surface area contributed by atoms with Gasteiger partial charge in [-0.15, -0.1) is 11.3 Å². The summed E-state index contributed by atoms with van der Waals surface area (Å²) in [6, 6.07) is 2.89. The first-order chi connectivity index (χ1) is 19.0. The second-order valence-corrected chi connectivity index (χ2v) is 10.7. The molecule has 0 saturated carbocycles. The number of amidine groups is 1. The van der Waals surface area contributed by atoms with E-state index in [2.05, 4.69) is 20.0 Å². The molecule has 2 aliphatic rings. The summed E-state index contributed by atoms with van der Waals surface area (Å²) in [5.41, 5.74) is 0.956. The Hall–Kier alpha value is -2.84. The Bertz CT molecular complexity index is 1240. The summed E-state index contributed by atoms with van der Waals surface area (Å²) in [6.07, 6.45) is 2.18. The number of alkyl halides is 2. The first kappa shape index (κ1) is 31.7. The fraction of sp³-hybridized carbons (Fsp3) is 0.462. The lowest BCUT2D eigenvalue weighted by Crippen LogP contribution is -2.38. The average molecular weight is 602 g/mol. The largest absolute Gasteiger partial charge is 0.480 e. The van der Waals surface area contributed by atoms with Crippen molar-refractivity contribution < 1.29 is 32.6 Å². The number of carbonyl (C=O) groups is 2. The third-order valence-electron chi connectivity index (χ3n) is 6.31. The highest BCUT2D eigenvalue weighted by molar-refractivity contribution is 7.11. The number of aliphatic carboxylic acids is 1. The maximum Gasteiger partial charge on any atom is 0.317 e. The molecule has 2 N–H and O–H groups in total. The van der Waals surface area contributed by atoms with Crippen molar-refractivity contribution >= 4 is 41.0 Å². The van der Waals surface area contributed by atoms with Crippen LogP contribution in [0.4, 0.5) is 13.2 Å². The summed E-state index contributed by atoms with van der Waals surface area (Å²) >= 11 is 7.58. The Labute approximate surface area is 239 Å². The number of benzene rings is 1. The topological polar surface area (TPSA) is 107 Å². The standard InChI is InChI=1S/C23H23ClF3N5O3S.C3H8O/c1-31(10-19(34)35)7-13-8-32(12-23(13,26)27)9-18-16(11-33)20(15-3-2-14(25)6-17(15)24)30-21(29-18)22-28-4-5-36-22;1-3-4-2/h2-6,11,13,20H,7-10,12H2,1H3,(H,29,30)(H,34,35);3H2,1-2H3/t13?,20-;/m0./s1. The number of rotatable bonds is 10. The number of nitrogens with zero attached hydrogens (tertiary/aromatic N) is 4. The van der Waals surface area contributed by atoms with Crippen molar-refractivity contribution in [2.45, 2.75) is 18.9 Å². The SMILES string of the molecule is CCOC.CN(CC(=O)O)CC1CN(CC2=C(C=O)[C@H](c3ccc(F)cc3Cl)N=C(c3nccs3)N2)CC1(F)F. The molecule has 1 aromatic carbocycles. The van der Waals surface area contributed by atoms with E-state index in [-0.39, 0.29) is 36.8 Å². The molecule has 9 nitrogen and oxygen atoms in total. The molecular weight excluding hydrogens is 571 g/mol. The summed E-state index contributed by atoms with van der Waals surface area (Å²) in [5, 5.41) is 14.4. The van der Waals surface area contributed by atoms with Gasteiger partial charge in [0, 0.05) is 72.7 Å². The normalized spacial score (nSPS) is 20.6. The Balaban J connectivity index is 0.00000103. The molecule has 0 bridgehead atoms. The highest BCUT2D eigenvalue weighted by atomic mass is 35.5. The number of aldehydes is 1. The van der Waals surface area contributed by atoms with Gasteiger partial charge < -0.3 is 15.2 Å². The van der Waals surface area contributed by atoms with Gasteiger partial charge in [0.2, 0.25) is 0 Å². The molecular formula is C26H31ClF3N5O4S. The van der Waals surface area contributed by atoms with Gasteiger partial charge >= 0.3 is 5.97 Å². The number of likely N-dealkylation sites (tertiary alicyclic amines) is 1. The van der Waals surface area contributed by atoms with Crippen molar-refractivity contribution in [1.82, 2.24) is 20.1 Å². The second kappa shape index (κ2) is 14.2. The zero-order valence-electron chi connectivity index (χ0n) is 22.2. The number of methoxy groups -OCH3 is 1. The van der Waals surface area contributed by atoms with Crippen LogP contribution in [-0.4, -0.2) is 97.4 Å². The lowest BCUT2D eigenvalue weighted by molar-refractivity contribution is -0.138. The summed E-state index contributed by atoms with van der Waals surface area (Å²) in [7, 11) is 3.16. The Morgan fingerprint density at radius 2 is 2.15 bits per heavy atom. The van der Waals surface area contributed by atoms with E-state index in [1.165, 1.54) is 40.3 Å². The molecule has 14 heteroatoms. The van der Waals surface area contributed by atoms with Crippen molar-refractivity contribution in [3.63, 3.8) is 0 Å². The van der Waals surface area contributed by atoms with E-state index < -0.39 is 36.2 Å². The highest BCUT2D eigenvalue weighted by Gasteiger charge is 2.48. The predicted octanol–water partition coefficient (Wildman–Crippen LogP) is 3.72. The van der Waals surface area contributed by atoms with Gasteiger partial charge in [-0.25, -0.2) is 18.2 Å². The zero-order valence-corrected chi connectivity index (χ0v) is 23.8. The van der Waals surface area contributed by atoms with Crippen LogP contribution in [0.2, 0.25) is 5.02 Å². The molecule has 3 heterocycles. The summed E-state index contributed by atoms with van der Waals surface area (Å²) in [6.45, 7) is 1.77. The minimum atomic E-state index is -3.05. The monoisotopic (exact) mass is 601 g/mol. The molecule has 218 valence electrons. The quantitative estimate of drug-likeness (QED) is 0.397. The summed E-state index contributed by atoms with van der Waals surface area (Å²) in [4.78, 5) is 34.8. The van der Waals surface area contributed by atoms with Crippen LogP contribution in [0.3, 0.4) is 0 Å². The minimum absolute atomic E-state index is 0.0000244. The zero-order chi connectivity index (χ0) is 29.4. The van der Waals surface area contributed by atoms with Crippen molar-refractivity contribution in [3.05, 3.63) is 62.5 Å². The maximum absolute atomic E-state index is 14.8. The number of ether oxygens (including phenoxy) is 1. The molecule has 2 aromatic rings.